The maximum Gasteiger partial charge on any atom is 0.0981 e. The summed E-state index contributed by atoms with van der Waals surface area (Å²) in [6, 6.07) is 19.9. The Labute approximate surface area is 218 Å². The molecule has 0 radical (unpaired) electrons. The summed E-state index contributed by atoms with van der Waals surface area (Å²) in [4.78, 5) is 0. The number of fused-ring (bicyclic) bond motifs is 1. The minimum atomic E-state index is -0.00000627. The van der Waals surface area contributed by atoms with Gasteiger partial charge in [0.1, 0.15) is 0 Å². The fourth-order valence-electron chi connectivity index (χ4n) is 5.75. The third-order valence-electron chi connectivity index (χ3n) is 7.80. The standard InChI is InChI=1S/C31H33N5O/c37-21-26-8-4-5-9-30(26)32-18-22-10-12-24(13-11-22)28-16-25-14-15-35-36(27-19-33-34-20-27)31(25)17-29(28)23-6-2-1-3-7-23/h1-3,6-7,10-17,19-20,26,30-32,37H,4-5,8-9,18,21H2,(H,33,34)/t26-,30-,31?/m0/s1. The van der Waals surface area contributed by atoms with Crippen molar-refractivity contribution in [3.05, 3.63) is 107 Å². The number of H-pyrrole nitrogens is 1. The van der Waals surface area contributed by atoms with Crippen LogP contribution in [0.25, 0.3) is 11.1 Å². The zero-order chi connectivity index (χ0) is 25.0. The molecule has 3 atom stereocenters. The first kappa shape index (κ1) is 23.6. The number of hydrazone groups is 1. The molecule has 3 N–H and O–H groups in total. The number of anilines is 1. The third kappa shape index (κ3) is 4.95. The van der Waals surface area contributed by atoms with Crippen molar-refractivity contribution in [3.8, 4) is 0 Å². The van der Waals surface area contributed by atoms with Crippen molar-refractivity contribution < 1.29 is 5.11 Å². The lowest BCUT2D eigenvalue weighted by Crippen LogP contribution is -2.39. The van der Waals surface area contributed by atoms with Crippen LogP contribution in [0.3, 0.4) is 0 Å². The van der Waals surface area contributed by atoms with Crippen LogP contribution in [0.5, 0.6) is 0 Å². The van der Waals surface area contributed by atoms with Gasteiger partial charge in [0.15, 0.2) is 0 Å². The van der Waals surface area contributed by atoms with Gasteiger partial charge in [0.2, 0.25) is 0 Å². The fourth-order valence-corrected chi connectivity index (χ4v) is 5.75. The first-order valence-electron chi connectivity index (χ1n) is 13.3. The van der Waals surface area contributed by atoms with Gasteiger partial charge in [-0.05, 0) is 70.4 Å². The van der Waals surface area contributed by atoms with Crippen LogP contribution in [0.2, 0.25) is 0 Å². The van der Waals surface area contributed by atoms with Crippen molar-refractivity contribution in [1.29, 1.82) is 0 Å². The summed E-state index contributed by atoms with van der Waals surface area (Å²) in [7, 11) is 0. The predicted octanol–water partition coefficient (Wildman–Crippen LogP) is 5.33. The van der Waals surface area contributed by atoms with Crippen LogP contribution in [-0.2, 0) is 6.54 Å². The van der Waals surface area contributed by atoms with Gasteiger partial charge in [0.05, 0.1) is 17.9 Å². The van der Waals surface area contributed by atoms with Crippen molar-refractivity contribution in [2.24, 2.45) is 11.0 Å². The second kappa shape index (κ2) is 10.7. The number of aliphatic hydroxyl groups excluding tert-OH is 1. The molecule has 37 heavy (non-hydrogen) atoms. The van der Waals surface area contributed by atoms with Crippen molar-refractivity contribution in [2.45, 2.75) is 44.3 Å². The first-order valence-corrected chi connectivity index (χ1v) is 13.3. The van der Waals surface area contributed by atoms with Gasteiger partial charge in [-0.1, -0.05) is 67.4 Å². The van der Waals surface area contributed by atoms with Gasteiger partial charge in [-0.2, -0.15) is 10.2 Å². The molecule has 3 aliphatic rings. The zero-order valence-corrected chi connectivity index (χ0v) is 20.9. The maximum absolute atomic E-state index is 9.74. The number of benzene rings is 2. The summed E-state index contributed by atoms with van der Waals surface area (Å²) in [6.45, 7) is 1.10. The Bertz CT molecular complexity index is 1320. The minimum absolute atomic E-state index is 0.00000627. The highest BCUT2D eigenvalue weighted by molar-refractivity contribution is 6.08. The Kier molecular flexibility index (Phi) is 6.84. The van der Waals surface area contributed by atoms with E-state index in [1.807, 2.05) is 17.4 Å². The molecule has 1 saturated carbocycles. The van der Waals surface area contributed by atoms with Gasteiger partial charge >= 0.3 is 0 Å². The Hall–Kier alpha value is -3.74. The van der Waals surface area contributed by atoms with E-state index >= 15 is 0 Å². The molecule has 0 spiro atoms. The first-order chi connectivity index (χ1) is 18.3. The molecule has 1 fully saturated rings. The predicted molar refractivity (Wildman–Crippen MR) is 150 cm³/mol. The molecule has 3 aromatic rings. The molecule has 0 bridgehead atoms. The molecule has 188 valence electrons. The SMILES string of the molecule is OC[C@@H]1CCCC[C@@H]1NCc1ccc(C2=CC3=CC=NN(c4cn[nH]c4)C3C=C2c2ccccc2)cc1. The topological polar surface area (TPSA) is 76.5 Å². The Morgan fingerprint density at radius 3 is 2.57 bits per heavy atom. The summed E-state index contributed by atoms with van der Waals surface area (Å²) >= 11 is 0. The molecule has 1 aliphatic heterocycles. The van der Waals surface area contributed by atoms with Crippen LogP contribution in [0.1, 0.15) is 42.4 Å². The molecule has 2 heterocycles. The van der Waals surface area contributed by atoms with Crippen LogP contribution in [0, 0.1) is 5.92 Å². The number of aromatic nitrogens is 2. The van der Waals surface area contributed by atoms with E-state index in [2.05, 4.69) is 93.4 Å². The smallest absolute Gasteiger partial charge is 0.0981 e. The highest BCUT2D eigenvalue weighted by atomic mass is 16.3. The summed E-state index contributed by atoms with van der Waals surface area (Å²) in [5, 5.41) is 27.1. The number of hydrogen-bond donors (Lipinski definition) is 3. The molecule has 0 saturated heterocycles. The van der Waals surface area contributed by atoms with Crippen LogP contribution in [0.4, 0.5) is 5.69 Å². The van der Waals surface area contributed by atoms with E-state index in [1.54, 1.807) is 6.20 Å². The van der Waals surface area contributed by atoms with E-state index in [0.717, 1.165) is 25.1 Å². The maximum atomic E-state index is 9.74. The average molecular weight is 492 g/mol. The van der Waals surface area contributed by atoms with Gasteiger partial charge < -0.3 is 10.4 Å². The van der Waals surface area contributed by atoms with Crippen molar-refractivity contribution >= 4 is 23.0 Å². The van der Waals surface area contributed by atoms with E-state index in [4.69, 9.17) is 0 Å². The molecule has 1 aromatic heterocycles. The Morgan fingerprint density at radius 1 is 0.973 bits per heavy atom. The molecule has 2 aliphatic carbocycles. The number of aliphatic hydroxyl groups is 1. The molecule has 1 unspecified atom stereocenters. The van der Waals surface area contributed by atoms with Crippen molar-refractivity contribution in [3.63, 3.8) is 0 Å². The van der Waals surface area contributed by atoms with E-state index < -0.39 is 0 Å². The van der Waals surface area contributed by atoms with Gasteiger partial charge in [-0.15, -0.1) is 0 Å². The number of nitrogens with one attached hydrogen (secondary N) is 2. The van der Waals surface area contributed by atoms with E-state index in [1.165, 1.54) is 46.3 Å². The number of hydrogen-bond acceptors (Lipinski definition) is 5. The lowest BCUT2D eigenvalue weighted by molar-refractivity contribution is 0.152. The molecule has 6 rings (SSSR count). The molecule has 2 aromatic carbocycles. The number of allylic oxidation sites excluding steroid dienone is 3. The Morgan fingerprint density at radius 2 is 1.78 bits per heavy atom. The minimum Gasteiger partial charge on any atom is -0.396 e. The quantitative estimate of drug-likeness (QED) is 0.417. The third-order valence-corrected chi connectivity index (χ3v) is 7.80. The zero-order valence-electron chi connectivity index (χ0n) is 20.9. The number of aromatic amines is 1. The molecule has 6 heteroatoms. The van der Waals surface area contributed by atoms with Crippen molar-refractivity contribution in [2.75, 3.05) is 11.6 Å². The molecule has 0 amide bonds. The van der Waals surface area contributed by atoms with Crippen LogP contribution >= 0.6 is 0 Å². The number of nitrogens with zero attached hydrogens (tertiary/aromatic N) is 3. The lowest BCUT2D eigenvalue weighted by atomic mass is 9.83. The summed E-state index contributed by atoms with van der Waals surface area (Å²) in [5.41, 5.74) is 8.19. The summed E-state index contributed by atoms with van der Waals surface area (Å²) in [5.74, 6) is 0.376. The average Bonchev–Trinajstić information content (AvgIpc) is 3.51. The summed E-state index contributed by atoms with van der Waals surface area (Å²) < 4.78 is 0. The largest absolute Gasteiger partial charge is 0.396 e. The highest BCUT2D eigenvalue weighted by Crippen LogP contribution is 2.40. The fraction of sp³-hybridized carbons (Fsp3) is 0.290. The van der Waals surface area contributed by atoms with Crippen LogP contribution < -0.4 is 10.3 Å². The van der Waals surface area contributed by atoms with Crippen LogP contribution in [0.15, 0.2) is 95.9 Å². The summed E-state index contributed by atoms with van der Waals surface area (Å²) in [6.07, 6.45) is 17.0. The highest BCUT2D eigenvalue weighted by Gasteiger charge is 2.29. The van der Waals surface area contributed by atoms with Gasteiger partial charge in [-0.3, -0.25) is 10.1 Å². The van der Waals surface area contributed by atoms with Gasteiger partial charge in [0, 0.05) is 31.6 Å². The second-order valence-electron chi connectivity index (χ2n) is 10.1. The number of rotatable bonds is 7. The molecular weight excluding hydrogens is 458 g/mol. The molecular formula is C31H33N5O. The molecule has 6 nitrogen and oxygen atoms in total. The van der Waals surface area contributed by atoms with Gasteiger partial charge in [0.25, 0.3) is 0 Å². The van der Waals surface area contributed by atoms with Crippen molar-refractivity contribution in [1.82, 2.24) is 15.5 Å². The normalized spacial score (nSPS) is 23.2. The second-order valence-corrected chi connectivity index (χ2v) is 10.1. The van der Waals surface area contributed by atoms with E-state index in [0.29, 0.717) is 12.0 Å². The van der Waals surface area contributed by atoms with E-state index in [9.17, 15) is 5.11 Å². The monoisotopic (exact) mass is 491 g/mol. The lowest BCUT2D eigenvalue weighted by Gasteiger charge is -2.33. The Balaban J connectivity index is 1.27. The van der Waals surface area contributed by atoms with Crippen LogP contribution in [-0.4, -0.2) is 40.2 Å². The van der Waals surface area contributed by atoms with Gasteiger partial charge in [-0.25, -0.2) is 0 Å². The van der Waals surface area contributed by atoms with E-state index in [-0.39, 0.29) is 12.6 Å².